The highest BCUT2D eigenvalue weighted by Crippen LogP contribution is 2.25. The van der Waals surface area contributed by atoms with Crippen LogP contribution in [0.2, 0.25) is 0 Å². The first-order valence-electron chi connectivity index (χ1n) is 5.37. The zero-order valence-corrected chi connectivity index (χ0v) is 13.0. The Labute approximate surface area is 118 Å². The Kier molecular flexibility index (Phi) is 5.65. The number of hydrogen-bond acceptors (Lipinski definition) is 5. The molecule has 1 heterocycles. The van der Waals surface area contributed by atoms with Gasteiger partial charge in [-0.2, -0.15) is 0 Å². The Balaban J connectivity index is 2.75. The molecule has 1 rings (SSSR count). The largest absolute Gasteiger partial charge is 0.477 e. The van der Waals surface area contributed by atoms with E-state index in [0.29, 0.717) is 17.7 Å². The maximum atomic E-state index is 11.9. The minimum atomic E-state index is -3.69. The van der Waals surface area contributed by atoms with E-state index < -0.39 is 26.8 Å². The smallest absolute Gasteiger partial charge is 0.346 e. The van der Waals surface area contributed by atoms with Gasteiger partial charge in [0.25, 0.3) is 0 Å². The van der Waals surface area contributed by atoms with Gasteiger partial charge in [0.05, 0.1) is 0 Å². The Bertz CT molecular complexity index is 590. The van der Waals surface area contributed by atoms with Crippen LogP contribution in [0.1, 0.15) is 21.7 Å². The maximum Gasteiger partial charge on any atom is 0.346 e. The summed E-state index contributed by atoms with van der Waals surface area (Å²) < 4.78 is 37.0. The van der Waals surface area contributed by atoms with Crippen molar-refractivity contribution in [1.82, 2.24) is 4.72 Å². The first-order chi connectivity index (χ1) is 8.74. The lowest BCUT2D eigenvalue weighted by Crippen LogP contribution is -2.25. The third kappa shape index (κ3) is 4.68. The first kappa shape index (κ1) is 16.3. The molecular weight excluding hydrogens is 310 g/mol. The lowest BCUT2D eigenvalue weighted by atomic mass is 10.3. The summed E-state index contributed by atoms with van der Waals surface area (Å²) in [7, 11) is -4.64. The minimum absolute atomic E-state index is 0.0139. The van der Waals surface area contributed by atoms with Gasteiger partial charge in [-0.15, -0.1) is 11.3 Å². The van der Waals surface area contributed by atoms with Crippen molar-refractivity contribution in [3.05, 3.63) is 16.5 Å². The van der Waals surface area contributed by atoms with Crippen LogP contribution in [-0.2, 0) is 20.8 Å². The van der Waals surface area contributed by atoms with Crippen molar-refractivity contribution in [2.24, 2.45) is 0 Å². The van der Waals surface area contributed by atoms with Crippen LogP contribution in [0.25, 0.3) is 0 Å². The van der Waals surface area contributed by atoms with Crippen LogP contribution in [0.3, 0.4) is 0 Å². The van der Waals surface area contributed by atoms with Crippen LogP contribution in [0.15, 0.2) is 10.3 Å². The number of aromatic carboxylic acids is 1. The van der Waals surface area contributed by atoms with Crippen molar-refractivity contribution in [3.8, 4) is 0 Å². The molecule has 0 fully saturated rings. The molecule has 1 unspecified atom stereocenters. The molecule has 0 bridgehead atoms. The molecule has 0 aromatic carbocycles. The molecule has 0 aliphatic carbocycles. The second-order valence-corrected chi connectivity index (χ2v) is 8.51. The number of sulfonamides is 1. The van der Waals surface area contributed by atoms with E-state index in [1.807, 2.05) is 0 Å². The Hall–Kier alpha value is -0.770. The van der Waals surface area contributed by atoms with Crippen molar-refractivity contribution in [3.63, 3.8) is 0 Å². The third-order valence-corrected chi connectivity index (χ3v) is 6.28. The van der Waals surface area contributed by atoms with Gasteiger partial charge in [0.1, 0.15) is 9.09 Å². The topological polar surface area (TPSA) is 101 Å². The van der Waals surface area contributed by atoms with E-state index in [0.717, 1.165) is 11.3 Å². The average molecular weight is 325 g/mol. The lowest BCUT2D eigenvalue weighted by Gasteiger charge is -2.03. The summed E-state index contributed by atoms with van der Waals surface area (Å²) in [4.78, 5) is 10.9. The summed E-state index contributed by atoms with van der Waals surface area (Å²) in [5.74, 6) is -0.711. The SMILES string of the molecule is Cc1cc(S(=O)(=O)NCCCS(C)=O)sc1C(=O)O. The standard InChI is InChI=1S/C10H15NO5S3/c1-7-6-8(17-9(7)10(12)13)19(15,16)11-4-3-5-18(2)14/h6,11H,3-5H2,1-2H3,(H,12,13). The van der Waals surface area contributed by atoms with Crippen molar-refractivity contribution >= 4 is 38.1 Å². The van der Waals surface area contributed by atoms with Gasteiger partial charge in [-0.25, -0.2) is 17.9 Å². The summed E-state index contributed by atoms with van der Waals surface area (Å²) in [6.45, 7) is 1.74. The molecule has 0 saturated heterocycles. The number of nitrogens with one attached hydrogen (secondary N) is 1. The average Bonchev–Trinajstić information content (AvgIpc) is 2.67. The predicted octanol–water partition coefficient (Wildman–Crippen LogP) is 0.802. The van der Waals surface area contributed by atoms with Gasteiger partial charge >= 0.3 is 5.97 Å². The van der Waals surface area contributed by atoms with Gasteiger partial charge in [-0.1, -0.05) is 0 Å². The number of carbonyl (C=O) groups is 1. The van der Waals surface area contributed by atoms with Gasteiger partial charge in [0.15, 0.2) is 0 Å². The lowest BCUT2D eigenvalue weighted by molar-refractivity contribution is 0.0701. The molecule has 19 heavy (non-hydrogen) atoms. The number of thiophene rings is 1. The second-order valence-electron chi connectivity index (χ2n) is 3.91. The van der Waals surface area contributed by atoms with Crippen molar-refractivity contribution in [1.29, 1.82) is 0 Å². The molecule has 6 nitrogen and oxygen atoms in total. The first-order valence-corrected chi connectivity index (χ1v) is 9.40. The van der Waals surface area contributed by atoms with Gasteiger partial charge < -0.3 is 5.11 Å². The summed E-state index contributed by atoms with van der Waals surface area (Å²) >= 11 is 0.729. The monoisotopic (exact) mass is 325 g/mol. The number of carboxylic acid groups (broad SMARTS) is 1. The summed E-state index contributed by atoms with van der Waals surface area (Å²) in [6, 6.07) is 1.34. The molecule has 0 saturated carbocycles. The van der Waals surface area contributed by atoms with Crippen LogP contribution in [-0.4, -0.2) is 42.3 Å². The number of carboxylic acids is 1. The third-order valence-electron chi connectivity index (χ3n) is 2.25. The molecule has 1 aromatic heterocycles. The van der Waals surface area contributed by atoms with Crippen LogP contribution < -0.4 is 4.72 Å². The van der Waals surface area contributed by atoms with E-state index in [4.69, 9.17) is 5.11 Å². The quantitative estimate of drug-likeness (QED) is 0.722. The van der Waals surface area contributed by atoms with Gasteiger partial charge in [0, 0.05) is 29.4 Å². The maximum absolute atomic E-state index is 11.9. The van der Waals surface area contributed by atoms with E-state index >= 15 is 0 Å². The van der Waals surface area contributed by atoms with Crippen LogP contribution >= 0.6 is 11.3 Å². The Morgan fingerprint density at radius 2 is 2.16 bits per heavy atom. The number of aryl methyl sites for hydroxylation is 1. The fraction of sp³-hybridized carbons (Fsp3) is 0.500. The fourth-order valence-electron chi connectivity index (χ4n) is 1.35. The second kappa shape index (κ2) is 6.60. The molecular formula is C10H15NO5S3. The van der Waals surface area contributed by atoms with E-state index in [1.54, 1.807) is 13.2 Å². The van der Waals surface area contributed by atoms with Crippen LogP contribution in [0, 0.1) is 6.92 Å². The van der Waals surface area contributed by atoms with Crippen molar-refractivity contribution < 1.29 is 22.5 Å². The minimum Gasteiger partial charge on any atom is -0.477 e. The van der Waals surface area contributed by atoms with Crippen molar-refractivity contribution in [2.75, 3.05) is 18.6 Å². The van der Waals surface area contributed by atoms with Crippen LogP contribution in [0.5, 0.6) is 0 Å². The highest BCUT2D eigenvalue weighted by Gasteiger charge is 2.21. The highest BCUT2D eigenvalue weighted by atomic mass is 32.2. The van der Waals surface area contributed by atoms with Gasteiger partial charge in [0.2, 0.25) is 10.0 Å². The molecule has 2 N–H and O–H groups in total. The molecule has 0 aliphatic heterocycles. The molecule has 0 radical (unpaired) electrons. The Morgan fingerprint density at radius 3 is 2.63 bits per heavy atom. The molecule has 9 heteroatoms. The van der Waals surface area contributed by atoms with E-state index in [9.17, 15) is 17.4 Å². The van der Waals surface area contributed by atoms with Crippen LogP contribution in [0.4, 0.5) is 0 Å². The molecule has 0 aliphatic rings. The zero-order valence-electron chi connectivity index (χ0n) is 10.5. The zero-order chi connectivity index (χ0) is 14.6. The Morgan fingerprint density at radius 1 is 1.53 bits per heavy atom. The predicted molar refractivity (Wildman–Crippen MR) is 74.8 cm³/mol. The normalized spacial score (nSPS) is 13.4. The van der Waals surface area contributed by atoms with Gasteiger partial charge in [-0.3, -0.25) is 4.21 Å². The van der Waals surface area contributed by atoms with E-state index in [2.05, 4.69) is 4.72 Å². The van der Waals surface area contributed by atoms with Gasteiger partial charge in [-0.05, 0) is 25.0 Å². The number of rotatable bonds is 7. The fourth-order valence-corrected chi connectivity index (χ4v) is 4.40. The summed E-state index contributed by atoms with van der Waals surface area (Å²) in [5, 5.41) is 8.88. The summed E-state index contributed by atoms with van der Waals surface area (Å²) in [5.41, 5.74) is 0.424. The highest BCUT2D eigenvalue weighted by molar-refractivity contribution is 7.91. The summed E-state index contributed by atoms with van der Waals surface area (Å²) in [6.07, 6.45) is 2.02. The molecule has 108 valence electrons. The van der Waals surface area contributed by atoms with Crippen molar-refractivity contribution in [2.45, 2.75) is 17.6 Å². The number of hydrogen-bond donors (Lipinski definition) is 2. The molecule has 1 atom stereocenters. The molecule has 0 spiro atoms. The molecule has 0 amide bonds. The molecule has 1 aromatic rings. The van der Waals surface area contributed by atoms with E-state index in [1.165, 1.54) is 6.07 Å². The van der Waals surface area contributed by atoms with E-state index in [-0.39, 0.29) is 15.6 Å².